The van der Waals surface area contributed by atoms with Crippen LogP contribution in [0.5, 0.6) is 0 Å². The molecule has 0 aliphatic rings. The summed E-state index contributed by atoms with van der Waals surface area (Å²) in [5.74, 6) is -1.31. The quantitative estimate of drug-likeness (QED) is 0.346. The third-order valence-corrected chi connectivity index (χ3v) is 1.88. The highest BCUT2D eigenvalue weighted by atomic mass is 31.2. The molecule has 0 aliphatic heterocycles. The van der Waals surface area contributed by atoms with Crippen molar-refractivity contribution in [3.8, 4) is 0 Å². The lowest BCUT2D eigenvalue weighted by atomic mass is 9.93. The first kappa shape index (κ1) is 12.8. The third-order valence-electron chi connectivity index (χ3n) is 1.36. The minimum atomic E-state index is -4.80. The number of carboxylic acid groups (broad SMARTS) is 1. The van der Waals surface area contributed by atoms with Crippen LogP contribution >= 0.6 is 7.82 Å². The van der Waals surface area contributed by atoms with Gasteiger partial charge in [-0.3, -0.25) is 4.68 Å². The van der Waals surface area contributed by atoms with Crippen molar-refractivity contribution in [3.63, 3.8) is 0 Å². The Morgan fingerprint density at radius 1 is 1.62 bits per heavy atom. The van der Waals surface area contributed by atoms with Crippen molar-refractivity contribution in [3.05, 3.63) is 11.9 Å². The Bertz CT molecular complexity index is 429. The molecule has 0 fully saturated rings. The van der Waals surface area contributed by atoms with Crippen LogP contribution in [0.25, 0.3) is 0 Å². The first-order chi connectivity index (χ1) is 7.28. The van der Waals surface area contributed by atoms with E-state index in [0.29, 0.717) is 0 Å². The van der Waals surface area contributed by atoms with Gasteiger partial charge in [-0.15, -0.1) is 5.10 Å². The van der Waals surface area contributed by atoms with Crippen LogP contribution in [0, 0.1) is 0 Å². The second kappa shape index (κ2) is 4.72. The molecule has 1 rings (SSSR count). The Morgan fingerprint density at radius 2 is 2.25 bits per heavy atom. The van der Waals surface area contributed by atoms with Gasteiger partial charge in [0.25, 0.3) is 0 Å². The van der Waals surface area contributed by atoms with Gasteiger partial charge in [0.2, 0.25) is 0 Å². The zero-order valence-corrected chi connectivity index (χ0v) is 8.56. The molecular weight excluding hydrogens is 244 g/mol. The zero-order chi connectivity index (χ0) is 12.3. The molecule has 1 heterocycles. The van der Waals surface area contributed by atoms with Gasteiger partial charge in [-0.2, -0.15) is 0 Å². The number of hydrogen-bond donors (Lipinski definition) is 4. The van der Waals surface area contributed by atoms with Gasteiger partial charge in [-0.05, 0) is 0 Å². The van der Waals surface area contributed by atoms with E-state index in [1.807, 2.05) is 0 Å². The van der Waals surface area contributed by atoms with Crippen molar-refractivity contribution < 1.29 is 33.7 Å². The number of nitrogens with zero attached hydrogens (tertiary/aromatic N) is 3. The largest absolute Gasteiger partial charge is 0.486 e. The Morgan fingerprint density at radius 3 is 2.69 bits per heavy atom. The van der Waals surface area contributed by atoms with Crippen molar-refractivity contribution in [1.29, 1.82) is 0 Å². The van der Waals surface area contributed by atoms with Crippen molar-refractivity contribution in [2.24, 2.45) is 0 Å². The lowest BCUT2D eigenvalue weighted by Crippen LogP contribution is -2.24. The van der Waals surface area contributed by atoms with Gasteiger partial charge < -0.3 is 24.4 Å². The Balaban J connectivity index is 2.59. The third kappa shape index (κ3) is 4.09. The number of hydrogen-bond acceptors (Lipinski definition) is 6. The highest BCUT2D eigenvalue weighted by Crippen LogP contribution is 2.36. The molecule has 0 saturated carbocycles. The molecular formula is C4H7BN3O7P. The molecule has 0 amide bonds. The summed E-state index contributed by atoms with van der Waals surface area (Å²) in [7, 11) is -6.61. The van der Waals surface area contributed by atoms with E-state index in [1.54, 1.807) is 0 Å². The summed E-state index contributed by atoms with van der Waals surface area (Å²) in [6.45, 7) is 0. The number of aromatic carboxylic acids is 1. The standard InChI is InChI=1S/C4H7BN3O7P/c9-4(10)3-1-8(7-6-3)2-5(11)15-16(12,13)14/h1,11H,2H2,(H,9,10)(H2,12,13,14). The average molecular weight is 251 g/mol. The summed E-state index contributed by atoms with van der Waals surface area (Å²) >= 11 is 0. The highest BCUT2D eigenvalue weighted by molar-refractivity contribution is 7.47. The van der Waals surface area contributed by atoms with Crippen LogP contribution < -0.4 is 0 Å². The fourth-order valence-corrected chi connectivity index (χ4v) is 1.22. The molecule has 0 unspecified atom stereocenters. The molecule has 0 radical (unpaired) electrons. The molecule has 1 aromatic rings. The lowest BCUT2D eigenvalue weighted by molar-refractivity contribution is 0.0690. The van der Waals surface area contributed by atoms with Crippen LogP contribution in [0.3, 0.4) is 0 Å². The summed E-state index contributed by atoms with van der Waals surface area (Å²) < 4.78 is 15.1. The van der Waals surface area contributed by atoms with Crippen LogP contribution in [0.15, 0.2) is 6.20 Å². The normalized spacial score (nSPS) is 11.4. The van der Waals surface area contributed by atoms with Crippen LogP contribution in [-0.2, 0) is 15.5 Å². The van der Waals surface area contributed by atoms with Crippen LogP contribution in [0.4, 0.5) is 0 Å². The summed E-state index contributed by atoms with van der Waals surface area (Å²) in [6.07, 6.45) is 0.528. The first-order valence-electron chi connectivity index (χ1n) is 3.83. The lowest BCUT2D eigenvalue weighted by Gasteiger charge is -2.07. The van der Waals surface area contributed by atoms with Gasteiger partial charge in [-0.25, -0.2) is 9.36 Å². The molecule has 88 valence electrons. The Labute approximate surface area is 88.9 Å². The molecule has 1 aromatic heterocycles. The predicted molar refractivity (Wildman–Crippen MR) is 48.1 cm³/mol. The van der Waals surface area contributed by atoms with Crippen molar-refractivity contribution in [1.82, 2.24) is 15.0 Å². The fraction of sp³-hybridized carbons (Fsp3) is 0.250. The van der Waals surface area contributed by atoms with E-state index in [4.69, 9.17) is 19.9 Å². The zero-order valence-electron chi connectivity index (χ0n) is 7.66. The predicted octanol–water partition coefficient (Wildman–Crippen LogP) is -1.89. The van der Waals surface area contributed by atoms with E-state index in [1.165, 1.54) is 0 Å². The molecule has 0 saturated heterocycles. The van der Waals surface area contributed by atoms with Crippen LogP contribution in [0.2, 0.25) is 0 Å². The van der Waals surface area contributed by atoms with Gasteiger partial charge in [0.1, 0.15) is 0 Å². The molecule has 16 heavy (non-hydrogen) atoms. The van der Waals surface area contributed by atoms with Crippen molar-refractivity contribution >= 4 is 20.9 Å². The monoisotopic (exact) mass is 251 g/mol. The van der Waals surface area contributed by atoms with E-state index >= 15 is 0 Å². The number of carbonyl (C=O) groups is 1. The molecule has 0 spiro atoms. The maximum Gasteiger partial charge on any atom is 0.486 e. The van der Waals surface area contributed by atoms with E-state index in [9.17, 15) is 9.36 Å². The minimum absolute atomic E-state index is 0.358. The van der Waals surface area contributed by atoms with E-state index < -0.39 is 27.4 Å². The smallest absolute Gasteiger partial charge is 0.476 e. The van der Waals surface area contributed by atoms with Gasteiger partial charge in [0.05, 0.1) is 12.6 Å². The molecule has 0 aliphatic carbocycles. The molecule has 12 heteroatoms. The first-order valence-corrected chi connectivity index (χ1v) is 5.36. The van der Waals surface area contributed by atoms with Gasteiger partial charge in [0.15, 0.2) is 5.69 Å². The molecule has 0 bridgehead atoms. The Hall–Kier alpha value is -1.26. The average Bonchev–Trinajstić information content (AvgIpc) is 2.48. The summed E-state index contributed by atoms with van der Waals surface area (Å²) in [5, 5.41) is 24.0. The second-order valence-electron chi connectivity index (χ2n) is 2.68. The van der Waals surface area contributed by atoms with Crippen LogP contribution in [0.1, 0.15) is 10.5 Å². The number of carboxylic acids is 1. The molecule has 4 N–H and O–H groups in total. The highest BCUT2D eigenvalue weighted by Gasteiger charge is 2.26. The number of aromatic nitrogens is 3. The second-order valence-corrected chi connectivity index (χ2v) is 3.87. The SMILES string of the molecule is O=C(O)c1cn(CB(O)OP(=O)(O)O)nn1. The summed E-state index contributed by atoms with van der Waals surface area (Å²) in [5.41, 5.74) is -0.358. The van der Waals surface area contributed by atoms with Crippen LogP contribution in [-0.4, -0.2) is 48.0 Å². The molecule has 0 atom stereocenters. The van der Waals surface area contributed by atoms with E-state index in [0.717, 1.165) is 10.9 Å². The van der Waals surface area contributed by atoms with Crippen molar-refractivity contribution in [2.45, 2.75) is 6.44 Å². The van der Waals surface area contributed by atoms with Gasteiger partial charge in [-0.1, -0.05) is 5.21 Å². The topological polar surface area (TPSA) is 155 Å². The summed E-state index contributed by atoms with van der Waals surface area (Å²) in [4.78, 5) is 27.1. The summed E-state index contributed by atoms with van der Waals surface area (Å²) in [6, 6.07) is 0. The minimum Gasteiger partial charge on any atom is -0.476 e. The number of phosphoric acid groups is 1. The van der Waals surface area contributed by atoms with E-state index in [2.05, 4.69) is 14.8 Å². The number of rotatable bonds is 5. The fourth-order valence-electron chi connectivity index (χ4n) is 0.837. The maximum atomic E-state index is 10.4. The molecule has 10 nitrogen and oxygen atoms in total. The molecule has 0 aromatic carbocycles. The maximum absolute atomic E-state index is 10.4. The van der Waals surface area contributed by atoms with E-state index in [-0.39, 0.29) is 5.69 Å². The Kier molecular flexibility index (Phi) is 3.78. The van der Waals surface area contributed by atoms with Gasteiger partial charge >= 0.3 is 20.9 Å². The van der Waals surface area contributed by atoms with Crippen molar-refractivity contribution in [2.75, 3.05) is 0 Å². The van der Waals surface area contributed by atoms with Gasteiger partial charge in [0, 0.05) is 0 Å².